The van der Waals surface area contributed by atoms with E-state index < -0.39 is 10.2 Å². The zero-order valence-corrected chi connectivity index (χ0v) is 13.4. The second kappa shape index (κ2) is 7.30. The monoisotopic (exact) mass is 316 g/mol. The van der Waals surface area contributed by atoms with E-state index in [0.717, 1.165) is 19.4 Å². The van der Waals surface area contributed by atoms with Gasteiger partial charge in [0.1, 0.15) is 6.33 Å². The van der Waals surface area contributed by atoms with Crippen LogP contribution in [0, 0.1) is 5.92 Å². The molecular formula is C12H24N6O2S. The molecular weight excluding hydrogens is 292 g/mol. The number of rotatable bonds is 7. The van der Waals surface area contributed by atoms with E-state index in [1.807, 2.05) is 7.05 Å². The maximum absolute atomic E-state index is 12.2. The molecule has 120 valence electrons. The Hall–Kier alpha value is -1.03. The zero-order chi connectivity index (χ0) is 15.3. The second-order valence-corrected chi connectivity index (χ2v) is 7.14. The maximum atomic E-state index is 12.2. The van der Waals surface area contributed by atoms with Gasteiger partial charge < -0.3 is 5.32 Å². The van der Waals surface area contributed by atoms with Gasteiger partial charge in [-0.25, -0.2) is 9.71 Å². The Kier molecular flexibility index (Phi) is 5.68. The van der Waals surface area contributed by atoms with Crippen LogP contribution in [0.5, 0.6) is 0 Å². The molecule has 1 aromatic rings. The van der Waals surface area contributed by atoms with Crippen LogP contribution in [0.25, 0.3) is 0 Å². The summed E-state index contributed by atoms with van der Waals surface area (Å²) in [5.74, 6) is 1.21. The first-order chi connectivity index (χ1) is 10.0. The maximum Gasteiger partial charge on any atom is 0.279 e. The number of hydrogen-bond donors (Lipinski definition) is 2. The molecule has 1 aromatic heterocycles. The summed E-state index contributed by atoms with van der Waals surface area (Å²) in [7, 11) is 0.330. The summed E-state index contributed by atoms with van der Waals surface area (Å²) in [6, 6.07) is 0. The minimum absolute atomic E-state index is 0.322. The molecule has 1 aliphatic rings. The largest absolute Gasteiger partial charge is 0.319 e. The third kappa shape index (κ3) is 4.73. The van der Waals surface area contributed by atoms with Gasteiger partial charge in [0.2, 0.25) is 0 Å². The fourth-order valence-corrected chi connectivity index (χ4v) is 3.76. The van der Waals surface area contributed by atoms with Gasteiger partial charge in [-0.3, -0.25) is 4.68 Å². The summed E-state index contributed by atoms with van der Waals surface area (Å²) in [5, 5.41) is 7.27. The summed E-state index contributed by atoms with van der Waals surface area (Å²) in [4.78, 5) is 4.07. The molecule has 0 bridgehead atoms. The zero-order valence-electron chi connectivity index (χ0n) is 12.6. The Morgan fingerprint density at radius 2 is 2.10 bits per heavy atom. The molecule has 0 spiro atoms. The smallest absolute Gasteiger partial charge is 0.279 e. The van der Waals surface area contributed by atoms with Gasteiger partial charge in [0.05, 0.1) is 0 Å². The summed E-state index contributed by atoms with van der Waals surface area (Å²) < 4.78 is 30.2. The van der Waals surface area contributed by atoms with Crippen LogP contribution in [-0.4, -0.2) is 60.7 Å². The van der Waals surface area contributed by atoms with Crippen LogP contribution >= 0.6 is 0 Å². The Labute approximate surface area is 126 Å². The number of aryl methyl sites for hydroxylation is 1. The molecule has 2 N–H and O–H groups in total. The van der Waals surface area contributed by atoms with Crippen LogP contribution < -0.4 is 10.0 Å². The number of nitrogens with zero attached hydrogens (tertiary/aromatic N) is 4. The lowest BCUT2D eigenvalue weighted by Crippen LogP contribution is -2.46. The van der Waals surface area contributed by atoms with Crippen molar-refractivity contribution in [2.24, 2.45) is 13.0 Å². The lowest BCUT2D eigenvalue weighted by atomic mass is 9.98. The summed E-state index contributed by atoms with van der Waals surface area (Å²) >= 11 is 0. The molecule has 0 unspecified atom stereocenters. The van der Waals surface area contributed by atoms with Crippen molar-refractivity contribution < 1.29 is 8.42 Å². The number of hydrogen-bond acceptors (Lipinski definition) is 5. The van der Waals surface area contributed by atoms with Gasteiger partial charge >= 0.3 is 0 Å². The molecule has 0 atom stereocenters. The van der Waals surface area contributed by atoms with Crippen molar-refractivity contribution in [3.8, 4) is 0 Å². The first-order valence-electron chi connectivity index (χ1n) is 7.25. The predicted octanol–water partition coefficient (Wildman–Crippen LogP) is -0.877. The molecule has 9 heteroatoms. The van der Waals surface area contributed by atoms with Gasteiger partial charge in [-0.05, 0) is 32.4 Å². The lowest BCUT2D eigenvalue weighted by Gasteiger charge is -2.31. The van der Waals surface area contributed by atoms with Gasteiger partial charge in [0.25, 0.3) is 10.2 Å². The fraction of sp³-hybridized carbons (Fsp3) is 0.833. The first-order valence-corrected chi connectivity index (χ1v) is 8.69. The van der Waals surface area contributed by atoms with E-state index in [4.69, 9.17) is 0 Å². The molecule has 1 saturated heterocycles. The van der Waals surface area contributed by atoms with Crippen LogP contribution in [0.15, 0.2) is 6.33 Å². The van der Waals surface area contributed by atoms with Crippen molar-refractivity contribution in [3.63, 3.8) is 0 Å². The average Bonchev–Trinajstić information content (AvgIpc) is 2.85. The number of aromatic nitrogens is 3. The molecule has 21 heavy (non-hydrogen) atoms. The third-order valence-electron chi connectivity index (χ3n) is 3.69. The molecule has 8 nitrogen and oxygen atoms in total. The van der Waals surface area contributed by atoms with Gasteiger partial charge in [0, 0.05) is 33.1 Å². The van der Waals surface area contributed by atoms with Crippen molar-refractivity contribution in [2.75, 3.05) is 33.2 Å². The minimum Gasteiger partial charge on any atom is -0.319 e. The molecule has 1 aliphatic heterocycles. The van der Waals surface area contributed by atoms with Crippen LogP contribution in [-0.2, 0) is 23.7 Å². The molecule has 0 radical (unpaired) electrons. The Balaban J connectivity index is 1.77. The van der Waals surface area contributed by atoms with Crippen LogP contribution in [0.2, 0.25) is 0 Å². The Morgan fingerprint density at radius 1 is 1.38 bits per heavy atom. The highest BCUT2D eigenvalue weighted by molar-refractivity contribution is 7.87. The quantitative estimate of drug-likeness (QED) is 0.682. The molecule has 2 rings (SSSR count). The molecule has 0 aliphatic carbocycles. The van der Waals surface area contributed by atoms with Gasteiger partial charge in [-0.2, -0.15) is 17.8 Å². The summed E-state index contributed by atoms with van der Waals surface area (Å²) in [6.07, 6.45) is 3.92. The summed E-state index contributed by atoms with van der Waals surface area (Å²) in [5.41, 5.74) is 0. The van der Waals surface area contributed by atoms with Crippen LogP contribution in [0.3, 0.4) is 0 Å². The fourth-order valence-electron chi connectivity index (χ4n) is 2.52. The van der Waals surface area contributed by atoms with E-state index in [1.165, 1.54) is 4.31 Å². The van der Waals surface area contributed by atoms with E-state index in [2.05, 4.69) is 20.1 Å². The highest BCUT2D eigenvalue weighted by Gasteiger charge is 2.27. The Morgan fingerprint density at radius 3 is 2.67 bits per heavy atom. The standard InChI is InChI=1S/C12H24N6O2S/c1-13-9-11-4-7-18(8-5-11)21(19,20)15-6-3-12-14-10-17(2)16-12/h10-11,13,15H,3-9H2,1-2H3. The molecule has 2 heterocycles. The van der Waals surface area contributed by atoms with E-state index in [1.54, 1.807) is 18.1 Å². The molecule has 1 fully saturated rings. The molecule has 0 saturated carbocycles. The minimum atomic E-state index is -3.38. The number of piperidine rings is 1. The lowest BCUT2D eigenvalue weighted by molar-refractivity contribution is 0.268. The van der Waals surface area contributed by atoms with Crippen molar-refractivity contribution in [1.29, 1.82) is 0 Å². The van der Waals surface area contributed by atoms with Crippen molar-refractivity contribution in [1.82, 2.24) is 29.1 Å². The Bertz CT molecular complexity index is 536. The first kappa shape index (κ1) is 16.3. The highest BCUT2D eigenvalue weighted by Crippen LogP contribution is 2.18. The van der Waals surface area contributed by atoms with Crippen LogP contribution in [0.1, 0.15) is 18.7 Å². The normalized spacial score (nSPS) is 18.2. The van der Waals surface area contributed by atoms with E-state index in [0.29, 0.717) is 37.8 Å². The van der Waals surface area contributed by atoms with Gasteiger partial charge in [0.15, 0.2) is 5.82 Å². The predicted molar refractivity (Wildman–Crippen MR) is 79.9 cm³/mol. The van der Waals surface area contributed by atoms with Crippen molar-refractivity contribution in [3.05, 3.63) is 12.2 Å². The van der Waals surface area contributed by atoms with Crippen LogP contribution in [0.4, 0.5) is 0 Å². The molecule has 0 aromatic carbocycles. The number of nitrogens with one attached hydrogen (secondary N) is 2. The molecule has 0 amide bonds. The summed E-state index contributed by atoms with van der Waals surface area (Å²) in [6.45, 7) is 2.45. The van der Waals surface area contributed by atoms with E-state index in [9.17, 15) is 8.42 Å². The van der Waals surface area contributed by atoms with E-state index >= 15 is 0 Å². The average molecular weight is 316 g/mol. The topological polar surface area (TPSA) is 92.2 Å². The highest BCUT2D eigenvalue weighted by atomic mass is 32.2. The van der Waals surface area contributed by atoms with Crippen molar-refractivity contribution in [2.45, 2.75) is 19.3 Å². The van der Waals surface area contributed by atoms with Gasteiger partial charge in [-0.15, -0.1) is 0 Å². The van der Waals surface area contributed by atoms with E-state index in [-0.39, 0.29) is 0 Å². The second-order valence-electron chi connectivity index (χ2n) is 5.38. The SMILES string of the molecule is CNCC1CCN(S(=O)(=O)NCCc2ncn(C)n2)CC1. The van der Waals surface area contributed by atoms with Gasteiger partial charge in [-0.1, -0.05) is 0 Å². The third-order valence-corrected chi connectivity index (χ3v) is 5.30. The van der Waals surface area contributed by atoms with Crippen molar-refractivity contribution >= 4 is 10.2 Å².